The second-order valence-electron chi connectivity index (χ2n) is 5.48. The van der Waals surface area contributed by atoms with Crippen molar-refractivity contribution in [1.29, 1.82) is 0 Å². The maximum absolute atomic E-state index is 5.80. The van der Waals surface area contributed by atoms with Gasteiger partial charge in [0.05, 0.1) is 10.6 Å². The Balaban J connectivity index is 1.74. The van der Waals surface area contributed by atoms with Gasteiger partial charge in [-0.3, -0.25) is 4.90 Å². The predicted octanol–water partition coefficient (Wildman–Crippen LogP) is 3.94. The number of hydrogen-bond acceptors (Lipinski definition) is 4. The highest BCUT2D eigenvalue weighted by Crippen LogP contribution is 2.27. The zero-order valence-corrected chi connectivity index (χ0v) is 12.4. The van der Waals surface area contributed by atoms with Gasteiger partial charge in [0.2, 0.25) is 5.89 Å². The Labute approximate surface area is 118 Å². The van der Waals surface area contributed by atoms with Crippen LogP contribution in [0.1, 0.15) is 31.2 Å². The van der Waals surface area contributed by atoms with Crippen LogP contribution in [0.5, 0.6) is 0 Å². The lowest BCUT2D eigenvalue weighted by atomic mass is 10.0. The van der Waals surface area contributed by atoms with Crippen molar-refractivity contribution in [1.82, 2.24) is 9.88 Å². The van der Waals surface area contributed by atoms with Crippen molar-refractivity contribution in [2.75, 3.05) is 13.1 Å². The molecule has 0 aliphatic carbocycles. The van der Waals surface area contributed by atoms with E-state index in [9.17, 15) is 0 Å². The van der Waals surface area contributed by atoms with E-state index < -0.39 is 0 Å². The molecule has 2 aromatic rings. The van der Waals surface area contributed by atoms with Crippen LogP contribution in [0.4, 0.5) is 0 Å². The maximum atomic E-state index is 5.80. The Bertz CT molecular complexity index is 532. The van der Waals surface area contributed by atoms with Gasteiger partial charge >= 0.3 is 0 Å². The predicted molar refractivity (Wildman–Crippen MR) is 78.2 cm³/mol. The van der Waals surface area contributed by atoms with Gasteiger partial charge in [-0.05, 0) is 43.7 Å². The normalized spacial score (nSPS) is 20.8. The van der Waals surface area contributed by atoms with Crippen LogP contribution in [0.15, 0.2) is 21.9 Å². The van der Waals surface area contributed by atoms with Crippen LogP contribution < -0.4 is 0 Å². The Hall–Kier alpha value is -1.13. The first-order valence-electron chi connectivity index (χ1n) is 6.95. The summed E-state index contributed by atoms with van der Waals surface area (Å²) in [7, 11) is 0. The third kappa shape index (κ3) is 2.90. The van der Waals surface area contributed by atoms with Gasteiger partial charge < -0.3 is 4.42 Å². The van der Waals surface area contributed by atoms with E-state index in [0.29, 0.717) is 0 Å². The number of piperidine rings is 1. The molecular formula is C15H20N2OS. The quantitative estimate of drug-likeness (QED) is 0.850. The Morgan fingerprint density at radius 1 is 1.53 bits per heavy atom. The molecule has 3 nitrogen and oxygen atoms in total. The molecule has 1 aliphatic heterocycles. The summed E-state index contributed by atoms with van der Waals surface area (Å²) in [5.74, 6) is 2.53. The van der Waals surface area contributed by atoms with Crippen LogP contribution in [-0.4, -0.2) is 23.0 Å². The van der Waals surface area contributed by atoms with Gasteiger partial charge in [0, 0.05) is 13.1 Å². The lowest BCUT2D eigenvalue weighted by molar-refractivity contribution is 0.174. The number of oxazole rings is 1. The van der Waals surface area contributed by atoms with Crippen molar-refractivity contribution in [3.8, 4) is 10.8 Å². The minimum absolute atomic E-state index is 0.771. The fourth-order valence-electron chi connectivity index (χ4n) is 2.72. The van der Waals surface area contributed by atoms with E-state index in [-0.39, 0.29) is 0 Å². The van der Waals surface area contributed by atoms with Crippen molar-refractivity contribution < 1.29 is 4.42 Å². The first kappa shape index (κ1) is 12.9. The minimum Gasteiger partial charge on any atom is -0.440 e. The number of nitrogens with zero attached hydrogens (tertiary/aromatic N) is 2. The van der Waals surface area contributed by atoms with Crippen LogP contribution in [0.3, 0.4) is 0 Å². The maximum Gasteiger partial charge on any atom is 0.236 e. The molecule has 1 unspecified atom stereocenters. The van der Waals surface area contributed by atoms with Crippen LogP contribution in [0.25, 0.3) is 10.8 Å². The molecule has 3 heterocycles. The molecule has 1 atom stereocenters. The Morgan fingerprint density at radius 3 is 3.16 bits per heavy atom. The molecule has 0 spiro atoms. The Kier molecular flexibility index (Phi) is 3.71. The monoisotopic (exact) mass is 276 g/mol. The van der Waals surface area contributed by atoms with Gasteiger partial charge in [-0.25, -0.2) is 4.98 Å². The fraction of sp³-hybridized carbons (Fsp3) is 0.533. The lowest BCUT2D eigenvalue weighted by Gasteiger charge is -2.30. The number of rotatable bonds is 3. The van der Waals surface area contributed by atoms with Crippen LogP contribution in [0.2, 0.25) is 0 Å². The number of likely N-dealkylation sites (tertiary alicyclic amines) is 1. The standard InChI is InChI=1S/C15H20N2OS/c1-11-5-3-7-17(9-11)10-13-12(2)18-15(16-13)14-6-4-8-19-14/h4,6,8,11H,3,5,7,9-10H2,1-2H3. The molecule has 3 rings (SSSR count). The Morgan fingerprint density at radius 2 is 2.42 bits per heavy atom. The summed E-state index contributed by atoms with van der Waals surface area (Å²) < 4.78 is 5.80. The summed E-state index contributed by atoms with van der Waals surface area (Å²) >= 11 is 1.67. The van der Waals surface area contributed by atoms with Gasteiger partial charge in [-0.2, -0.15) is 0 Å². The molecule has 1 saturated heterocycles. The fourth-order valence-corrected chi connectivity index (χ4v) is 3.37. The highest BCUT2D eigenvalue weighted by Gasteiger charge is 2.19. The third-order valence-corrected chi connectivity index (χ3v) is 4.60. The molecule has 102 valence electrons. The molecule has 19 heavy (non-hydrogen) atoms. The zero-order chi connectivity index (χ0) is 13.2. The summed E-state index contributed by atoms with van der Waals surface area (Å²) in [6.07, 6.45) is 2.66. The van der Waals surface area contributed by atoms with Crippen LogP contribution in [0, 0.1) is 12.8 Å². The molecule has 0 saturated carbocycles. The first-order valence-corrected chi connectivity index (χ1v) is 7.83. The lowest BCUT2D eigenvalue weighted by Crippen LogP contribution is -2.33. The molecule has 0 radical (unpaired) electrons. The molecular weight excluding hydrogens is 256 g/mol. The minimum atomic E-state index is 0.771. The second-order valence-corrected chi connectivity index (χ2v) is 6.43. The molecule has 0 aromatic carbocycles. The van der Waals surface area contributed by atoms with Crippen LogP contribution in [-0.2, 0) is 6.54 Å². The number of thiophene rings is 1. The molecule has 0 bridgehead atoms. The van der Waals surface area contributed by atoms with E-state index in [0.717, 1.165) is 34.7 Å². The van der Waals surface area contributed by atoms with Crippen molar-refractivity contribution in [2.24, 2.45) is 5.92 Å². The average molecular weight is 276 g/mol. The smallest absolute Gasteiger partial charge is 0.236 e. The number of hydrogen-bond donors (Lipinski definition) is 0. The van der Waals surface area contributed by atoms with Gasteiger partial charge in [0.1, 0.15) is 5.76 Å². The largest absolute Gasteiger partial charge is 0.440 e. The molecule has 1 fully saturated rings. The second kappa shape index (κ2) is 5.47. The van der Waals surface area contributed by atoms with Gasteiger partial charge in [-0.15, -0.1) is 11.3 Å². The molecule has 0 N–H and O–H groups in total. The van der Waals surface area contributed by atoms with E-state index in [1.54, 1.807) is 11.3 Å². The SMILES string of the molecule is Cc1oc(-c2cccs2)nc1CN1CCCC(C)C1. The summed E-state index contributed by atoms with van der Waals surface area (Å²) in [4.78, 5) is 8.28. The number of aryl methyl sites for hydroxylation is 1. The van der Waals surface area contributed by atoms with E-state index >= 15 is 0 Å². The van der Waals surface area contributed by atoms with E-state index in [2.05, 4.69) is 28.3 Å². The van der Waals surface area contributed by atoms with Crippen molar-refractivity contribution >= 4 is 11.3 Å². The van der Waals surface area contributed by atoms with Crippen molar-refractivity contribution in [3.63, 3.8) is 0 Å². The highest BCUT2D eigenvalue weighted by molar-refractivity contribution is 7.13. The van der Waals surface area contributed by atoms with E-state index in [1.807, 2.05) is 13.0 Å². The van der Waals surface area contributed by atoms with Crippen LogP contribution >= 0.6 is 11.3 Å². The average Bonchev–Trinajstić information content (AvgIpc) is 3.00. The molecule has 0 amide bonds. The van der Waals surface area contributed by atoms with E-state index in [4.69, 9.17) is 4.42 Å². The summed E-state index contributed by atoms with van der Waals surface area (Å²) in [5, 5.41) is 2.06. The molecule has 2 aromatic heterocycles. The van der Waals surface area contributed by atoms with E-state index in [1.165, 1.54) is 25.9 Å². The van der Waals surface area contributed by atoms with Gasteiger partial charge in [-0.1, -0.05) is 13.0 Å². The summed E-state index contributed by atoms with van der Waals surface area (Å²) in [6.45, 7) is 7.64. The molecule has 1 aliphatic rings. The van der Waals surface area contributed by atoms with Crippen molar-refractivity contribution in [2.45, 2.75) is 33.2 Å². The summed E-state index contributed by atoms with van der Waals surface area (Å²) in [6, 6.07) is 4.09. The molecule has 4 heteroatoms. The highest BCUT2D eigenvalue weighted by atomic mass is 32.1. The van der Waals surface area contributed by atoms with Crippen molar-refractivity contribution in [3.05, 3.63) is 29.0 Å². The number of aromatic nitrogens is 1. The summed E-state index contributed by atoms with van der Waals surface area (Å²) in [5.41, 5.74) is 1.09. The third-order valence-electron chi connectivity index (χ3n) is 3.74. The zero-order valence-electron chi connectivity index (χ0n) is 11.6. The first-order chi connectivity index (χ1) is 9.22. The topological polar surface area (TPSA) is 29.3 Å². The van der Waals surface area contributed by atoms with Gasteiger partial charge in [0.25, 0.3) is 0 Å². The van der Waals surface area contributed by atoms with Gasteiger partial charge in [0.15, 0.2) is 0 Å².